The average Bonchev–Trinajstić information content (AvgIpc) is 3.08. The van der Waals surface area contributed by atoms with Crippen LogP contribution in [0.25, 0.3) is 0 Å². The fourth-order valence-corrected chi connectivity index (χ4v) is 6.12. The molecule has 0 saturated carbocycles. The monoisotopic (exact) mass is 756 g/mol. The molecule has 0 aromatic heterocycles. The molecule has 0 fully saturated rings. The minimum Gasteiger partial charge on any atom is -0.444 e. The number of ether oxygens (including phenoxy) is 1. The fourth-order valence-electron chi connectivity index (χ4n) is 6.12. The summed E-state index contributed by atoms with van der Waals surface area (Å²) in [7, 11) is 0. The van der Waals surface area contributed by atoms with E-state index in [1.165, 1.54) is 0 Å². The molecule has 0 aliphatic rings. The Bertz CT molecular complexity index is 1480. The highest BCUT2D eigenvalue weighted by Crippen LogP contribution is 2.23. The Morgan fingerprint density at radius 2 is 1.22 bits per heavy atom. The molecule has 2 rings (SSSR count). The quantitative estimate of drug-likeness (QED) is 0.103. The predicted molar refractivity (Wildman–Crippen MR) is 207 cm³/mol. The van der Waals surface area contributed by atoms with Crippen molar-refractivity contribution in [2.45, 2.75) is 136 Å². The van der Waals surface area contributed by atoms with Gasteiger partial charge >= 0.3 is 12.0 Å². The third-order valence-electron chi connectivity index (χ3n) is 8.67. The maximum Gasteiger partial charge on any atom is 0.408 e. The predicted octanol–water partition coefficient (Wildman–Crippen LogP) is 6.94. The summed E-state index contributed by atoms with van der Waals surface area (Å²) in [5, 5.41) is 10.0. The van der Waals surface area contributed by atoms with E-state index in [-0.39, 0.29) is 31.1 Å². The van der Waals surface area contributed by atoms with Crippen molar-refractivity contribution in [3.05, 3.63) is 71.8 Å². The summed E-state index contributed by atoms with van der Waals surface area (Å²) in [5.74, 6) is -8.13. The zero-order valence-corrected chi connectivity index (χ0v) is 33.3. The largest absolute Gasteiger partial charge is 0.444 e. The van der Waals surface area contributed by atoms with E-state index in [4.69, 9.17) is 4.74 Å². The van der Waals surface area contributed by atoms with Crippen LogP contribution in [0.2, 0.25) is 0 Å². The van der Waals surface area contributed by atoms with Gasteiger partial charge in [0.15, 0.2) is 0 Å². The van der Waals surface area contributed by atoms with E-state index >= 15 is 8.78 Å². The lowest BCUT2D eigenvalue weighted by Gasteiger charge is -2.28. The molecule has 0 heterocycles. The standard InChI is InChI=1S/C42H62F2N4O6/c1-9-17-33(46-39(52)35(26-31-20-14-11-15-21-31)48-40(53)54-41(6,7)8)38(51)47-34(25-29(4)5)36(49)42(43,44)27-45-37(50)32(24-28(2)3)23-16-22-30-18-12-10-13-19-30/h10-15,18-21,28-29,32-35H,9,16-17,22-27H2,1-8H3,(H,45,50)(H,46,52)(H,47,51)(H,48,53)/t32?,33-,34-,35-/m0/s1. The number of aryl methyl sites for hydroxylation is 1. The van der Waals surface area contributed by atoms with Crippen LogP contribution in [0.5, 0.6) is 0 Å². The molecule has 0 spiro atoms. The number of benzene rings is 2. The lowest BCUT2D eigenvalue weighted by Crippen LogP contribution is -2.58. The number of ketones is 1. The van der Waals surface area contributed by atoms with Gasteiger partial charge in [0.25, 0.3) is 0 Å². The van der Waals surface area contributed by atoms with E-state index in [1.807, 2.05) is 50.2 Å². The number of alkyl halides is 2. The van der Waals surface area contributed by atoms with Crippen LogP contribution < -0.4 is 21.3 Å². The fraction of sp³-hybridized carbons (Fsp3) is 0.595. The zero-order chi connectivity index (χ0) is 40.5. The Balaban J connectivity index is 2.17. The summed E-state index contributed by atoms with van der Waals surface area (Å²) >= 11 is 0. The summed E-state index contributed by atoms with van der Waals surface area (Å²) in [6, 6.07) is 14.9. The Morgan fingerprint density at radius 1 is 0.685 bits per heavy atom. The summed E-state index contributed by atoms with van der Waals surface area (Å²) < 4.78 is 36.6. The van der Waals surface area contributed by atoms with Gasteiger partial charge in [-0.05, 0) is 82.3 Å². The molecule has 0 bridgehead atoms. The maximum absolute atomic E-state index is 15.6. The van der Waals surface area contributed by atoms with Crippen molar-refractivity contribution < 1.29 is 37.5 Å². The molecule has 0 aliphatic carbocycles. The zero-order valence-electron chi connectivity index (χ0n) is 33.3. The van der Waals surface area contributed by atoms with Gasteiger partial charge in [0, 0.05) is 12.3 Å². The second kappa shape index (κ2) is 22.1. The first kappa shape index (κ1) is 45.8. The SMILES string of the molecule is CCC[C@H](NC(=O)[C@H](Cc1ccccc1)NC(=O)OC(C)(C)C)C(=O)N[C@@H](CC(C)C)C(=O)C(F)(F)CNC(=O)C(CCCc1ccccc1)CC(C)C. The number of hydrogen-bond donors (Lipinski definition) is 4. The van der Waals surface area contributed by atoms with E-state index in [0.717, 1.165) is 17.5 Å². The molecule has 4 amide bonds. The van der Waals surface area contributed by atoms with Crippen molar-refractivity contribution in [3.63, 3.8) is 0 Å². The molecular formula is C42H62F2N4O6. The molecule has 2 aromatic carbocycles. The summed E-state index contributed by atoms with van der Waals surface area (Å²) in [6.07, 6.45) is 2.22. The molecule has 2 aromatic rings. The van der Waals surface area contributed by atoms with Crippen molar-refractivity contribution in [2.24, 2.45) is 17.8 Å². The van der Waals surface area contributed by atoms with Gasteiger partial charge in [0.05, 0.1) is 12.6 Å². The Morgan fingerprint density at radius 3 is 1.76 bits per heavy atom. The van der Waals surface area contributed by atoms with Crippen molar-refractivity contribution in [2.75, 3.05) is 6.54 Å². The second-order valence-corrected chi connectivity index (χ2v) is 15.9. The Hall–Kier alpha value is -4.35. The molecule has 300 valence electrons. The molecule has 0 radical (unpaired) electrons. The lowest BCUT2D eigenvalue weighted by molar-refractivity contribution is -0.148. The molecular weight excluding hydrogens is 694 g/mol. The molecule has 0 saturated heterocycles. The maximum atomic E-state index is 15.6. The Kier molecular flexibility index (Phi) is 18.8. The summed E-state index contributed by atoms with van der Waals surface area (Å²) in [6.45, 7) is 13.0. The number of rotatable bonds is 22. The lowest BCUT2D eigenvalue weighted by atomic mass is 9.90. The van der Waals surface area contributed by atoms with Crippen LogP contribution in [0, 0.1) is 17.8 Å². The van der Waals surface area contributed by atoms with Gasteiger partial charge in [-0.25, -0.2) is 4.79 Å². The third-order valence-corrected chi connectivity index (χ3v) is 8.67. The molecule has 12 heteroatoms. The molecule has 4 atom stereocenters. The van der Waals surface area contributed by atoms with Crippen LogP contribution in [0.15, 0.2) is 60.7 Å². The van der Waals surface area contributed by atoms with Crippen LogP contribution in [-0.4, -0.2) is 65.8 Å². The number of carbonyl (C=O) groups is 5. The van der Waals surface area contributed by atoms with E-state index in [2.05, 4.69) is 21.3 Å². The minimum atomic E-state index is -3.98. The first-order valence-electron chi connectivity index (χ1n) is 19.2. The summed E-state index contributed by atoms with van der Waals surface area (Å²) in [4.78, 5) is 66.5. The third kappa shape index (κ3) is 17.2. The van der Waals surface area contributed by atoms with Gasteiger partial charge in [-0.1, -0.05) is 102 Å². The first-order valence-corrected chi connectivity index (χ1v) is 19.2. The number of amides is 4. The van der Waals surface area contributed by atoms with Crippen LogP contribution in [0.4, 0.5) is 13.6 Å². The summed E-state index contributed by atoms with van der Waals surface area (Å²) in [5.41, 5.74) is 1.04. The van der Waals surface area contributed by atoms with Gasteiger partial charge < -0.3 is 26.0 Å². The number of alkyl carbamates (subject to hydrolysis) is 1. The van der Waals surface area contributed by atoms with Gasteiger partial charge in [0.1, 0.15) is 17.7 Å². The van der Waals surface area contributed by atoms with Crippen LogP contribution in [0.3, 0.4) is 0 Å². The van der Waals surface area contributed by atoms with Crippen LogP contribution in [-0.2, 0) is 36.8 Å². The van der Waals surface area contributed by atoms with Gasteiger partial charge in [-0.3, -0.25) is 19.2 Å². The molecule has 0 aliphatic heterocycles. The number of halogens is 2. The van der Waals surface area contributed by atoms with Crippen molar-refractivity contribution in [1.82, 2.24) is 21.3 Å². The first-order chi connectivity index (χ1) is 25.3. The smallest absolute Gasteiger partial charge is 0.408 e. The van der Waals surface area contributed by atoms with Crippen molar-refractivity contribution >= 4 is 29.6 Å². The molecule has 54 heavy (non-hydrogen) atoms. The van der Waals surface area contributed by atoms with E-state index in [9.17, 15) is 24.0 Å². The number of hydrogen-bond acceptors (Lipinski definition) is 6. The van der Waals surface area contributed by atoms with Crippen molar-refractivity contribution in [1.29, 1.82) is 0 Å². The normalized spacial score (nSPS) is 14.1. The highest BCUT2D eigenvalue weighted by atomic mass is 19.3. The van der Waals surface area contributed by atoms with Gasteiger partial charge in [-0.2, -0.15) is 8.78 Å². The topological polar surface area (TPSA) is 143 Å². The second-order valence-electron chi connectivity index (χ2n) is 15.9. The number of carbonyl (C=O) groups excluding carboxylic acids is 5. The van der Waals surface area contributed by atoms with Crippen LogP contribution in [0.1, 0.15) is 105 Å². The minimum absolute atomic E-state index is 0.0871. The van der Waals surface area contributed by atoms with E-state index < -0.39 is 71.7 Å². The van der Waals surface area contributed by atoms with E-state index in [0.29, 0.717) is 25.7 Å². The van der Waals surface area contributed by atoms with Crippen molar-refractivity contribution in [3.8, 4) is 0 Å². The molecule has 10 nitrogen and oxygen atoms in total. The highest BCUT2D eigenvalue weighted by Gasteiger charge is 2.44. The highest BCUT2D eigenvalue weighted by molar-refractivity contribution is 5.97. The number of Topliss-reactive ketones (excluding diaryl/α,β-unsaturated/α-hetero) is 1. The van der Waals surface area contributed by atoms with Gasteiger partial charge in [-0.15, -0.1) is 0 Å². The van der Waals surface area contributed by atoms with E-state index in [1.54, 1.807) is 65.8 Å². The van der Waals surface area contributed by atoms with Gasteiger partial charge in [0.2, 0.25) is 23.5 Å². The molecule has 1 unspecified atom stereocenters. The molecule has 4 N–H and O–H groups in total. The Labute approximate surface area is 320 Å². The number of nitrogens with one attached hydrogen (secondary N) is 4. The average molecular weight is 757 g/mol. The van der Waals surface area contributed by atoms with Crippen LogP contribution >= 0.6 is 0 Å².